The summed E-state index contributed by atoms with van der Waals surface area (Å²) in [6, 6.07) is 7.90. The van der Waals surface area contributed by atoms with Crippen LogP contribution in [-0.4, -0.2) is 11.9 Å². The predicted molar refractivity (Wildman–Crippen MR) is 74.1 cm³/mol. The molecular formula is C15H22N2O. The molecule has 1 aliphatic carbocycles. The number of carbonyl (C=O) groups excluding carboxylic acids is 1. The van der Waals surface area contributed by atoms with Crippen molar-refractivity contribution >= 4 is 11.6 Å². The third-order valence-corrected chi connectivity index (χ3v) is 3.62. The van der Waals surface area contributed by atoms with Crippen LogP contribution in [0.3, 0.4) is 0 Å². The molecule has 0 radical (unpaired) electrons. The SMILES string of the molecule is C[C@@H]1CCC[C@H](NC(=O)Cc2cccc(N)c2)C1. The fraction of sp³-hybridized carbons (Fsp3) is 0.533. The minimum atomic E-state index is 0.111. The second kappa shape index (κ2) is 5.89. The van der Waals surface area contributed by atoms with Crippen molar-refractivity contribution in [1.29, 1.82) is 0 Å². The molecule has 18 heavy (non-hydrogen) atoms. The van der Waals surface area contributed by atoms with Gasteiger partial charge in [0.05, 0.1) is 6.42 Å². The van der Waals surface area contributed by atoms with Crippen molar-refractivity contribution in [2.75, 3.05) is 5.73 Å². The summed E-state index contributed by atoms with van der Waals surface area (Å²) in [5.74, 6) is 0.844. The molecule has 0 aliphatic heterocycles. The van der Waals surface area contributed by atoms with Crippen molar-refractivity contribution < 1.29 is 4.79 Å². The Kier molecular flexibility index (Phi) is 4.24. The Morgan fingerprint density at radius 3 is 3.00 bits per heavy atom. The summed E-state index contributed by atoms with van der Waals surface area (Å²) in [6.45, 7) is 2.26. The second-order valence-electron chi connectivity index (χ2n) is 5.46. The Labute approximate surface area is 109 Å². The van der Waals surface area contributed by atoms with E-state index in [2.05, 4.69) is 12.2 Å². The maximum Gasteiger partial charge on any atom is 0.224 e. The van der Waals surface area contributed by atoms with Crippen molar-refractivity contribution in [2.45, 2.75) is 45.1 Å². The summed E-state index contributed by atoms with van der Waals surface area (Å²) in [5.41, 5.74) is 7.40. The number of nitrogens with one attached hydrogen (secondary N) is 1. The molecule has 0 bridgehead atoms. The van der Waals surface area contributed by atoms with Crippen LogP contribution in [0.5, 0.6) is 0 Å². The Morgan fingerprint density at radius 2 is 2.28 bits per heavy atom. The van der Waals surface area contributed by atoms with E-state index in [9.17, 15) is 4.79 Å². The summed E-state index contributed by atoms with van der Waals surface area (Å²) in [5, 5.41) is 3.14. The third-order valence-electron chi connectivity index (χ3n) is 3.62. The van der Waals surface area contributed by atoms with Crippen LogP contribution < -0.4 is 11.1 Å². The first-order chi connectivity index (χ1) is 8.63. The third kappa shape index (κ3) is 3.76. The van der Waals surface area contributed by atoms with Crippen LogP contribution >= 0.6 is 0 Å². The van der Waals surface area contributed by atoms with Gasteiger partial charge in [-0.05, 0) is 36.5 Å². The molecule has 0 unspecified atom stereocenters. The van der Waals surface area contributed by atoms with Gasteiger partial charge < -0.3 is 11.1 Å². The number of benzene rings is 1. The van der Waals surface area contributed by atoms with Gasteiger partial charge in [0.1, 0.15) is 0 Å². The molecule has 2 rings (SSSR count). The van der Waals surface area contributed by atoms with Crippen LogP contribution in [0.4, 0.5) is 5.69 Å². The maximum absolute atomic E-state index is 11.9. The lowest BCUT2D eigenvalue weighted by molar-refractivity contribution is -0.121. The van der Waals surface area contributed by atoms with Gasteiger partial charge >= 0.3 is 0 Å². The quantitative estimate of drug-likeness (QED) is 0.805. The molecule has 1 saturated carbocycles. The molecule has 0 spiro atoms. The fourth-order valence-electron chi connectivity index (χ4n) is 2.73. The lowest BCUT2D eigenvalue weighted by Crippen LogP contribution is -2.38. The highest BCUT2D eigenvalue weighted by Crippen LogP contribution is 2.23. The van der Waals surface area contributed by atoms with E-state index >= 15 is 0 Å². The van der Waals surface area contributed by atoms with Gasteiger partial charge in [-0.2, -0.15) is 0 Å². The largest absolute Gasteiger partial charge is 0.399 e. The van der Waals surface area contributed by atoms with E-state index in [4.69, 9.17) is 5.73 Å². The lowest BCUT2D eigenvalue weighted by atomic mass is 9.87. The van der Waals surface area contributed by atoms with Crippen LogP contribution in [0.2, 0.25) is 0 Å². The van der Waals surface area contributed by atoms with E-state index in [1.54, 1.807) is 0 Å². The first-order valence-electron chi connectivity index (χ1n) is 6.77. The van der Waals surface area contributed by atoms with Crippen LogP contribution in [0.25, 0.3) is 0 Å². The zero-order valence-corrected chi connectivity index (χ0v) is 11.0. The number of amides is 1. The summed E-state index contributed by atoms with van der Waals surface area (Å²) in [7, 11) is 0. The first-order valence-corrected chi connectivity index (χ1v) is 6.77. The summed E-state index contributed by atoms with van der Waals surface area (Å²) >= 11 is 0. The molecule has 3 N–H and O–H groups in total. The minimum absolute atomic E-state index is 0.111. The van der Waals surface area contributed by atoms with Crippen molar-refractivity contribution in [1.82, 2.24) is 5.32 Å². The van der Waals surface area contributed by atoms with Crippen LogP contribution in [0.1, 0.15) is 38.2 Å². The summed E-state index contributed by atoms with van der Waals surface area (Å²) in [4.78, 5) is 11.9. The zero-order valence-electron chi connectivity index (χ0n) is 11.0. The molecule has 1 aliphatic rings. The Morgan fingerprint density at radius 1 is 1.44 bits per heavy atom. The van der Waals surface area contributed by atoms with Gasteiger partial charge in [-0.25, -0.2) is 0 Å². The molecular weight excluding hydrogens is 224 g/mol. The van der Waals surface area contributed by atoms with E-state index in [1.165, 1.54) is 12.8 Å². The number of hydrogen-bond donors (Lipinski definition) is 2. The van der Waals surface area contributed by atoms with Gasteiger partial charge in [-0.15, -0.1) is 0 Å². The van der Waals surface area contributed by atoms with Crippen LogP contribution in [0.15, 0.2) is 24.3 Å². The molecule has 3 heteroatoms. The predicted octanol–water partition coefficient (Wildman–Crippen LogP) is 2.51. The molecule has 1 aromatic carbocycles. The highest BCUT2D eigenvalue weighted by Gasteiger charge is 2.20. The number of nitrogen functional groups attached to an aromatic ring is 1. The minimum Gasteiger partial charge on any atom is -0.399 e. The summed E-state index contributed by atoms with van der Waals surface area (Å²) in [6.07, 6.45) is 5.18. The van der Waals surface area contributed by atoms with Crippen molar-refractivity contribution in [3.05, 3.63) is 29.8 Å². The van der Waals surface area contributed by atoms with Gasteiger partial charge in [0, 0.05) is 11.7 Å². The number of nitrogens with two attached hydrogens (primary N) is 1. The van der Waals surface area contributed by atoms with Gasteiger partial charge in [0.15, 0.2) is 0 Å². The maximum atomic E-state index is 11.9. The van der Waals surface area contributed by atoms with E-state index in [1.807, 2.05) is 24.3 Å². The van der Waals surface area contributed by atoms with Crippen molar-refractivity contribution in [2.24, 2.45) is 5.92 Å². The number of hydrogen-bond acceptors (Lipinski definition) is 2. The van der Waals surface area contributed by atoms with E-state index < -0.39 is 0 Å². The highest BCUT2D eigenvalue weighted by molar-refractivity contribution is 5.79. The Bertz CT molecular complexity index is 417. The molecule has 0 aromatic heterocycles. The van der Waals surface area contributed by atoms with Gasteiger partial charge in [0.25, 0.3) is 0 Å². The zero-order chi connectivity index (χ0) is 13.0. The van der Waals surface area contributed by atoms with Gasteiger partial charge in [-0.3, -0.25) is 4.79 Å². The first kappa shape index (κ1) is 12.9. The molecule has 2 atom stereocenters. The van der Waals surface area contributed by atoms with E-state index in [-0.39, 0.29) is 5.91 Å². The normalized spacial score (nSPS) is 23.6. The fourth-order valence-corrected chi connectivity index (χ4v) is 2.73. The second-order valence-corrected chi connectivity index (χ2v) is 5.46. The van der Waals surface area contributed by atoms with E-state index in [0.29, 0.717) is 18.2 Å². The molecule has 1 fully saturated rings. The highest BCUT2D eigenvalue weighted by atomic mass is 16.1. The number of carbonyl (C=O) groups is 1. The number of rotatable bonds is 3. The lowest BCUT2D eigenvalue weighted by Gasteiger charge is -2.27. The molecule has 3 nitrogen and oxygen atoms in total. The summed E-state index contributed by atoms with van der Waals surface area (Å²) < 4.78 is 0. The standard InChI is InChI=1S/C15H22N2O/c1-11-4-2-7-14(8-11)17-15(18)10-12-5-3-6-13(16)9-12/h3,5-6,9,11,14H,2,4,7-8,10,16H2,1H3,(H,17,18)/t11-,14+/m1/s1. The van der Waals surface area contributed by atoms with Crippen LogP contribution in [-0.2, 0) is 11.2 Å². The molecule has 98 valence electrons. The molecule has 0 heterocycles. The number of anilines is 1. The molecule has 1 amide bonds. The van der Waals surface area contributed by atoms with E-state index in [0.717, 1.165) is 24.3 Å². The average Bonchev–Trinajstić information content (AvgIpc) is 2.28. The molecule has 1 aromatic rings. The van der Waals surface area contributed by atoms with Gasteiger partial charge in [0.2, 0.25) is 5.91 Å². The Balaban J connectivity index is 1.85. The average molecular weight is 246 g/mol. The van der Waals surface area contributed by atoms with Gasteiger partial charge in [-0.1, -0.05) is 31.9 Å². The van der Waals surface area contributed by atoms with Crippen molar-refractivity contribution in [3.63, 3.8) is 0 Å². The topological polar surface area (TPSA) is 55.1 Å². The smallest absolute Gasteiger partial charge is 0.224 e. The van der Waals surface area contributed by atoms with Crippen LogP contribution in [0, 0.1) is 5.92 Å². The molecule has 0 saturated heterocycles. The monoisotopic (exact) mass is 246 g/mol. The Hall–Kier alpha value is -1.51. The van der Waals surface area contributed by atoms with Crippen molar-refractivity contribution in [3.8, 4) is 0 Å².